The quantitative estimate of drug-likeness (QED) is 0.535. The molecule has 50 valence electrons. The summed E-state index contributed by atoms with van der Waals surface area (Å²) in [6.07, 6.45) is 3.47. The normalized spacial score (nSPS) is 13.4. The maximum atomic E-state index is 8.24. The third-order valence-electron chi connectivity index (χ3n) is 0.860. The van der Waals surface area contributed by atoms with Crippen LogP contribution in [0.4, 0.5) is 0 Å². The first-order chi connectivity index (χ1) is 4.31. The number of allylic oxidation sites excluding steroid dienone is 1. The van der Waals surface area contributed by atoms with Gasteiger partial charge in [0, 0.05) is 0 Å². The molecule has 0 spiro atoms. The van der Waals surface area contributed by atoms with Crippen LogP contribution in [-0.4, -0.2) is 12.7 Å². The number of nitrogens with zero attached hydrogens (tertiary/aromatic N) is 1. The molecule has 0 saturated carbocycles. The van der Waals surface area contributed by atoms with Crippen molar-refractivity contribution in [1.82, 2.24) is 0 Å². The van der Waals surface area contributed by atoms with Crippen molar-refractivity contribution in [3.63, 3.8) is 0 Å². The highest BCUT2D eigenvalue weighted by atomic mass is 16.5. The van der Waals surface area contributed by atoms with Gasteiger partial charge in [0.25, 0.3) is 0 Å². The van der Waals surface area contributed by atoms with Crippen LogP contribution in [0.1, 0.15) is 13.8 Å². The fourth-order valence-corrected chi connectivity index (χ4v) is 0.333. The standard InChI is InChI=1S/C7H11NO/c1-3-4-5-9-7(2)6-8/h3-4,7H,5H2,1-2H3. The molecule has 1 atom stereocenters. The lowest BCUT2D eigenvalue weighted by Gasteiger charge is -1.98. The molecule has 0 bridgehead atoms. The van der Waals surface area contributed by atoms with E-state index in [1.54, 1.807) is 6.92 Å². The highest BCUT2D eigenvalue weighted by Crippen LogP contribution is 1.86. The molecule has 0 fully saturated rings. The van der Waals surface area contributed by atoms with Crippen molar-refractivity contribution in [1.29, 1.82) is 5.26 Å². The first-order valence-corrected chi connectivity index (χ1v) is 2.93. The van der Waals surface area contributed by atoms with Gasteiger partial charge in [-0.1, -0.05) is 12.2 Å². The van der Waals surface area contributed by atoms with Gasteiger partial charge in [-0.15, -0.1) is 0 Å². The zero-order valence-electron chi connectivity index (χ0n) is 5.79. The Bertz CT molecular complexity index is 123. The molecule has 1 unspecified atom stereocenters. The van der Waals surface area contributed by atoms with Gasteiger partial charge in [-0.05, 0) is 13.8 Å². The van der Waals surface area contributed by atoms with Crippen molar-refractivity contribution in [2.75, 3.05) is 6.61 Å². The largest absolute Gasteiger partial charge is 0.360 e. The predicted molar refractivity (Wildman–Crippen MR) is 35.8 cm³/mol. The lowest BCUT2D eigenvalue weighted by atomic mass is 10.4. The Morgan fingerprint density at radius 1 is 1.78 bits per heavy atom. The van der Waals surface area contributed by atoms with E-state index < -0.39 is 0 Å². The Kier molecular flexibility index (Phi) is 4.85. The minimum Gasteiger partial charge on any atom is -0.360 e. The molecule has 0 aliphatic rings. The Morgan fingerprint density at radius 3 is 2.89 bits per heavy atom. The highest BCUT2D eigenvalue weighted by Gasteiger charge is 1.93. The minimum atomic E-state index is -0.291. The van der Waals surface area contributed by atoms with Gasteiger partial charge in [-0.2, -0.15) is 5.26 Å². The molecular formula is C7H11NO. The third kappa shape index (κ3) is 5.05. The molecule has 0 aliphatic carbocycles. The maximum Gasteiger partial charge on any atom is 0.141 e. The number of ether oxygens (including phenoxy) is 1. The summed E-state index contributed by atoms with van der Waals surface area (Å²) in [5.74, 6) is 0. The Labute approximate surface area is 55.7 Å². The van der Waals surface area contributed by atoms with E-state index in [1.165, 1.54) is 0 Å². The first-order valence-electron chi connectivity index (χ1n) is 2.93. The van der Waals surface area contributed by atoms with E-state index in [-0.39, 0.29) is 6.10 Å². The highest BCUT2D eigenvalue weighted by molar-refractivity contribution is 4.82. The molecule has 0 N–H and O–H groups in total. The minimum absolute atomic E-state index is 0.291. The van der Waals surface area contributed by atoms with Crippen LogP contribution in [-0.2, 0) is 4.74 Å². The van der Waals surface area contributed by atoms with Crippen LogP contribution in [0, 0.1) is 11.3 Å². The number of hydrogen-bond donors (Lipinski definition) is 0. The van der Waals surface area contributed by atoms with Crippen molar-refractivity contribution in [2.24, 2.45) is 0 Å². The van der Waals surface area contributed by atoms with Crippen LogP contribution in [0.5, 0.6) is 0 Å². The predicted octanol–water partition coefficient (Wildman–Crippen LogP) is 1.49. The zero-order chi connectivity index (χ0) is 7.11. The molecular weight excluding hydrogens is 114 g/mol. The summed E-state index contributed by atoms with van der Waals surface area (Å²) in [7, 11) is 0. The molecule has 0 heterocycles. The van der Waals surface area contributed by atoms with Gasteiger partial charge in [-0.25, -0.2) is 0 Å². The van der Waals surface area contributed by atoms with Gasteiger partial charge in [0.1, 0.15) is 6.10 Å². The summed E-state index contributed by atoms with van der Waals surface area (Å²) in [5.41, 5.74) is 0. The second-order valence-corrected chi connectivity index (χ2v) is 1.67. The van der Waals surface area contributed by atoms with Crippen molar-refractivity contribution in [3.05, 3.63) is 12.2 Å². The summed E-state index contributed by atoms with van der Waals surface area (Å²) < 4.78 is 4.98. The maximum absolute atomic E-state index is 8.24. The van der Waals surface area contributed by atoms with E-state index in [2.05, 4.69) is 0 Å². The molecule has 0 saturated heterocycles. The summed E-state index contributed by atoms with van der Waals surface area (Å²) in [6, 6.07) is 1.97. The summed E-state index contributed by atoms with van der Waals surface area (Å²) in [4.78, 5) is 0. The smallest absolute Gasteiger partial charge is 0.141 e. The van der Waals surface area contributed by atoms with Crippen LogP contribution < -0.4 is 0 Å². The van der Waals surface area contributed by atoms with Gasteiger partial charge in [0.2, 0.25) is 0 Å². The molecule has 0 amide bonds. The van der Waals surface area contributed by atoms with Crippen LogP contribution in [0.2, 0.25) is 0 Å². The van der Waals surface area contributed by atoms with Crippen LogP contribution in [0.15, 0.2) is 12.2 Å². The molecule has 0 radical (unpaired) electrons. The molecule has 0 aromatic heterocycles. The molecule has 0 aromatic rings. The monoisotopic (exact) mass is 125 g/mol. The van der Waals surface area contributed by atoms with Gasteiger partial charge in [-0.3, -0.25) is 0 Å². The van der Waals surface area contributed by atoms with E-state index in [9.17, 15) is 0 Å². The van der Waals surface area contributed by atoms with Crippen LogP contribution in [0.25, 0.3) is 0 Å². The second-order valence-electron chi connectivity index (χ2n) is 1.67. The van der Waals surface area contributed by atoms with Gasteiger partial charge >= 0.3 is 0 Å². The lowest BCUT2D eigenvalue weighted by molar-refractivity contribution is 0.128. The lowest BCUT2D eigenvalue weighted by Crippen LogP contribution is -2.03. The van der Waals surface area contributed by atoms with Crippen LogP contribution in [0.3, 0.4) is 0 Å². The van der Waals surface area contributed by atoms with E-state index >= 15 is 0 Å². The average molecular weight is 125 g/mol. The Balaban J connectivity index is 3.19. The zero-order valence-corrected chi connectivity index (χ0v) is 5.79. The first kappa shape index (κ1) is 8.19. The van der Waals surface area contributed by atoms with E-state index in [0.717, 1.165) is 0 Å². The van der Waals surface area contributed by atoms with Gasteiger partial charge < -0.3 is 4.74 Å². The summed E-state index contributed by atoms with van der Waals surface area (Å²) in [5, 5.41) is 8.24. The Hall–Kier alpha value is -0.810. The molecule has 2 heteroatoms. The second kappa shape index (κ2) is 5.33. The van der Waals surface area contributed by atoms with Crippen molar-refractivity contribution in [2.45, 2.75) is 20.0 Å². The third-order valence-corrected chi connectivity index (χ3v) is 0.860. The van der Waals surface area contributed by atoms with Gasteiger partial charge in [0.15, 0.2) is 0 Å². The number of nitriles is 1. The number of rotatable bonds is 3. The van der Waals surface area contributed by atoms with E-state index in [4.69, 9.17) is 10.00 Å². The van der Waals surface area contributed by atoms with Crippen molar-refractivity contribution in [3.8, 4) is 6.07 Å². The molecule has 0 rings (SSSR count). The van der Waals surface area contributed by atoms with E-state index in [1.807, 2.05) is 25.1 Å². The van der Waals surface area contributed by atoms with Crippen molar-refractivity contribution >= 4 is 0 Å². The average Bonchev–Trinajstić information content (AvgIpc) is 1.89. The number of hydrogen-bond acceptors (Lipinski definition) is 2. The molecule has 9 heavy (non-hydrogen) atoms. The van der Waals surface area contributed by atoms with E-state index in [0.29, 0.717) is 6.61 Å². The SMILES string of the molecule is CC=CCOC(C)C#N. The molecule has 0 aromatic carbocycles. The fourth-order valence-electron chi connectivity index (χ4n) is 0.333. The molecule has 2 nitrogen and oxygen atoms in total. The summed E-state index contributed by atoms with van der Waals surface area (Å²) in [6.45, 7) is 4.18. The van der Waals surface area contributed by atoms with Crippen LogP contribution >= 0.6 is 0 Å². The Morgan fingerprint density at radius 2 is 2.44 bits per heavy atom. The van der Waals surface area contributed by atoms with Gasteiger partial charge in [0.05, 0.1) is 12.7 Å². The van der Waals surface area contributed by atoms with Crippen molar-refractivity contribution < 1.29 is 4.74 Å². The fraction of sp³-hybridized carbons (Fsp3) is 0.571. The molecule has 0 aliphatic heterocycles. The topological polar surface area (TPSA) is 33.0 Å². The summed E-state index contributed by atoms with van der Waals surface area (Å²) >= 11 is 0.